The van der Waals surface area contributed by atoms with Crippen LogP contribution in [0.1, 0.15) is 0 Å². The Morgan fingerprint density at radius 3 is 2.89 bits per heavy atom. The standard InChI is InChI=1S/C4H4N2O3/c7-9-8-4-3-5-1-2-6-4/h1-3,7H. The maximum absolute atomic E-state index is 7.73. The van der Waals surface area contributed by atoms with Crippen molar-refractivity contribution in [3.05, 3.63) is 18.6 Å². The smallest absolute Gasteiger partial charge is 0.277 e. The fourth-order valence-electron chi connectivity index (χ4n) is 0.367. The third kappa shape index (κ3) is 1.63. The van der Waals surface area contributed by atoms with Crippen LogP contribution in [0.25, 0.3) is 0 Å². The lowest BCUT2D eigenvalue weighted by molar-refractivity contribution is -0.440. The summed E-state index contributed by atoms with van der Waals surface area (Å²) >= 11 is 0. The predicted octanol–water partition coefficient (Wildman–Crippen LogP) is 0.260. The fourth-order valence-corrected chi connectivity index (χ4v) is 0.367. The lowest BCUT2D eigenvalue weighted by atomic mass is 10.7. The summed E-state index contributed by atoms with van der Waals surface area (Å²) in [7, 11) is 0. The Bertz CT molecular complexity index is 167. The molecule has 0 saturated heterocycles. The molecule has 0 saturated carbocycles. The average molecular weight is 128 g/mol. The molecule has 1 aromatic heterocycles. The second kappa shape index (κ2) is 2.95. The summed E-state index contributed by atoms with van der Waals surface area (Å²) < 4.78 is 0. The van der Waals surface area contributed by atoms with E-state index in [-0.39, 0.29) is 5.88 Å². The van der Waals surface area contributed by atoms with Crippen molar-refractivity contribution < 1.29 is 15.2 Å². The van der Waals surface area contributed by atoms with E-state index in [1.165, 1.54) is 18.6 Å². The van der Waals surface area contributed by atoms with Crippen LogP contribution in [0.2, 0.25) is 0 Å². The molecule has 0 bridgehead atoms. The van der Waals surface area contributed by atoms with E-state index in [4.69, 9.17) is 5.26 Å². The molecule has 1 heterocycles. The molecule has 5 nitrogen and oxygen atoms in total. The van der Waals surface area contributed by atoms with Gasteiger partial charge in [0, 0.05) is 12.4 Å². The Labute approximate surface area is 50.8 Å². The molecule has 1 rings (SSSR count). The van der Waals surface area contributed by atoms with Gasteiger partial charge in [0.1, 0.15) is 0 Å². The van der Waals surface area contributed by atoms with Gasteiger partial charge in [-0.25, -0.2) is 10.2 Å². The van der Waals surface area contributed by atoms with Crippen LogP contribution in [0.4, 0.5) is 0 Å². The van der Waals surface area contributed by atoms with Gasteiger partial charge in [0.05, 0.1) is 6.20 Å². The van der Waals surface area contributed by atoms with Crippen molar-refractivity contribution >= 4 is 0 Å². The summed E-state index contributed by atoms with van der Waals surface area (Å²) in [6.07, 6.45) is 4.19. The molecule has 0 amide bonds. The number of aromatic nitrogens is 2. The minimum Gasteiger partial charge on any atom is -0.286 e. The maximum Gasteiger partial charge on any atom is 0.277 e. The van der Waals surface area contributed by atoms with Gasteiger partial charge in [-0.1, -0.05) is 0 Å². The summed E-state index contributed by atoms with van der Waals surface area (Å²) in [5.41, 5.74) is 0. The van der Waals surface area contributed by atoms with Crippen molar-refractivity contribution in [2.24, 2.45) is 0 Å². The largest absolute Gasteiger partial charge is 0.286 e. The number of hydrogen-bond donors (Lipinski definition) is 1. The van der Waals surface area contributed by atoms with Crippen molar-refractivity contribution in [3.8, 4) is 5.88 Å². The molecule has 9 heavy (non-hydrogen) atoms. The van der Waals surface area contributed by atoms with Gasteiger partial charge < -0.3 is 0 Å². The van der Waals surface area contributed by atoms with E-state index in [1.807, 2.05) is 0 Å². The molecule has 1 N–H and O–H groups in total. The van der Waals surface area contributed by atoms with Gasteiger partial charge in [-0.15, -0.1) is 0 Å². The molecule has 0 aliphatic rings. The zero-order valence-corrected chi connectivity index (χ0v) is 4.39. The molecule has 0 spiro atoms. The summed E-state index contributed by atoms with van der Waals surface area (Å²) in [5.74, 6) is 0.111. The van der Waals surface area contributed by atoms with Gasteiger partial charge in [-0.3, -0.25) is 9.87 Å². The lowest BCUT2D eigenvalue weighted by Gasteiger charge is -1.92. The number of hydrogen-bond acceptors (Lipinski definition) is 5. The second-order valence-corrected chi connectivity index (χ2v) is 1.20. The van der Waals surface area contributed by atoms with Crippen LogP contribution in [0.3, 0.4) is 0 Å². The molecule has 48 valence electrons. The highest BCUT2D eigenvalue weighted by Crippen LogP contribution is 1.98. The highest BCUT2D eigenvalue weighted by Gasteiger charge is 1.90. The van der Waals surface area contributed by atoms with Gasteiger partial charge in [0.15, 0.2) is 0 Å². The van der Waals surface area contributed by atoms with E-state index in [9.17, 15) is 0 Å². The zero-order valence-electron chi connectivity index (χ0n) is 4.39. The van der Waals surface area contributed by atoms with Gasteiger partial charge in [-0.2, -0.15) is 0 Å². The average Bonchev–Trinajstić information content (AvgIpc) is 1.91. The Morgan fingerprint density at radius 1 is 1.44 bits per heavy atom. The van der Waals surface area contributed by atoms with E-state index < -0.39 is 0 Å². The summed E-state index contributed by atoms with van der Waals surface area (Å²) in [6.45, 7) is 0. The van der Waals surface area contributed by atoms with Gasteiger partial charge >= 0.3 is 0 Å². The van der Waals surface area contributed by atoms with E-state index in [2.05, 4.69) is 19.9 Å². The summed E-state index contributed by atoms with van der Waals surface area (Å²) in [5, 5.41) is 11.1. The van der Waals surface area contributed by atoms with Crippen LogP contribution >= 0.6 is 0 Å². The van der Waals surface area contributed by atoms with Crippen molar-refractivity contribution in [3.63, 3.8) is 0 Å². The van der Waals surface area contributed by atoms with Crippen molar-refractivity contribution in [2.75, 3.05) is 0 Å². The molecule has 0 unspecified atom stereocenters. The Balaban J connectivity index is 2.61. The Kier molecular flexibility index (Phi) is 1.95. The van der Waals surface area contributed by atoms with Crippen LogP contribution in [0.5, 0.6) is 5.88 Å². The molecule has 0 aromatic carbocycles. The van der Waals surface area contributed by atoms with Crippen molar-refractivity contribution in [1.82, 2.24) is 9.97 Å². The maximum atomic E-state index is 7.73. The zero-order chi connectivity index (χ0) is 6.53. The topological polar surface area (TPSA) is 64.5 Å². The second-order valence-electron chi connectivity index (χ2n) is 1.20. The normalized spacial score (nSPS) is 9.00. The van der Waals surface area contributed by atoms with Crippen molar-refractivity contribution in [2.45, 2.75) is 0 Å². The molecular weight excluding hydrogens is 124 g/mol. The quantitative estimate of drug-likeness (QED) is 0.457. The van der Waals surface area contributed by atoms with Crippen LogP contribution in [-0.2, 0) is 5.04 Å². The third-order valence-electron chi connectivity index (χ3n) is 0.662. The van der Waals surface area contributed by atoms with Gasteiger partial charge in [-0.05, 0) is 5.04 Å². The first-order chi connectivity index (χ1) is 4.43. The molecule has 0 aliphatic carbocycles. The van der Waals surface area contributed by atoms with Gasteiger partial charge in [0.2, 0.25) is 0 Å². The summed E-state index contributed by atoms with van der Waals surface area (Å²) in [6, 6.07) is 0. The first-order valence-corrected chi connectivity index (χ1v) is 2.17. The first-order valence-electron chi connectivity index (χ1n) is 2.17. The Morgan fingerprint density at radius 2 is 2.33 bits per heavy atom. The van der Waals surface area contributed by atoms with E-state index in [0.29, 0.717) is 0 Å². The SMILES string of the molecule is OOOc1cnccn1. The molecule has 0 aliphatic heterocycles. The highest BCUT2D eigenvalue weighted by molar-refractivity contribution is 4.99. The summed E-state index contributed by atoms with van der Waals surface area (Å²) in [4.78, 5) is 11.3. The van der Waals surface area contributed by atoms with E-state index in [0.717, 1.165) is 0 Å². The van der Waals surface area contributed by atoms with Gasteiger partial charge in [0.25, 0.3) is 5.88 Å². The molecule has 5 heteroatoms. The van der Waals surface area contributed by atoms with Crippen LogP contribution in [0.15, 0.2) is 18.6 Å². The van der Waals surface area contributed by atoms with Crippen LogP contribution in [0, 0.1) is 0 Å². The highest BCUT2D eigenvalue weighted by atomic mass is 17.5. The predicted molar refractivity (Wildman–Crippen MR) is 26.4 cm³/mol. The molecular formula is C4H4N2O3. The minimum absolute atomic E-state index is 0.111. The number of rotatable bonds is 2. The molecule has 1 aromatic rings. The fraction of sp³-hybridized carbons (Fsp3) is 0. The third-order valence-corrected chi connectivity index (χ3v) is 0.662. The Hall–Kier alpha value is -1.20. The van der Waals surface area contributed by atoms with E-state index >= 15 is 0 Å². The molecule has 0 radical (unpaired) electrons. The lowest BCUT2D eigenvalue weighted by Crippen LogP contribution is -1.93. The monoisotopic (exact) mass is 128 g/mol. The van der Waals surface area contributed by atoms with Crippen LogP contribution < -0.4 is 4.89 Å². The first kappa shape index (κ1) is 5.93. The van der Waals surface area contributed by atoms with Crippen molar-refractivity contribution in [1.29, 1.82) is 0 Å². The molecule has 0 atom stereocenters. The molecule has 0 fully saturated rings. The van der Waals surface area contributed by atoms with E-state index in [1.54, 1.807) is 0 Å². The van der Waals surface area contributed by atoms with Crippen LogP contribution in [-0.4, -0.2) is 15.2 Å². The minimum atomic E-state index is 0.111. The number of nitrogens with zero attached hydrogens (tertiary/aromatic N) is 2.